The first-order chi connectivity index (χ1) is 12.5. The third-order valence-corrected chi connectivity index (χ3v) is 5.21. The van der Waals surface area contributed by atoms with E-state index in [4.69, 9.17) is 39.3 Å². The first kappa shape index (κ1) is 17.4. The van der Waals surface area contributed by atoms with Gasteiger partial charge in [0.2, 0.25) is 0 Å². The van der Waals surface area contributed by atoms with E-state index >= 15 is 0 Å². The highest BCUT2D eigenvalue weighted by Crippen LogP contribution is 2.32. The summed E-state index contributed by atoms with van der Waals surface area (Å²) in [5, 5.41) is 5.67. The summed E-state index contributed by atoms with van der Waals surface area (Å²) < 4.78 is 5.54. The van der Waals surface area contributed by atoms with Gasteiger partial charge in [-0.3, -0.25) is 4.79 Å². The van der Waals surface area contributed by atoms with Crippen LogP contribution in [0.25, 0.3) is 11.3 Å². The largest absolute Gasteiger partial charge is 0.356 e. The number of rotatable bonds is 2. The van der Waals surface area contributed by atoms with Gasteiger partial charge < -0.3 is 9.42 Å². The highest BCUT2D eigenvalue weighted by atomic mass is 35.5. The Labute approximate surface area is 165 Å². The third-order valence-electron chi connectivity index (χ3n) is 4.39. The Hall–Kier alpha value is -2.01. The summed E-state index contributed by atoms with van der Waals surface area (Å²) in [6, 6.07) is 12.2. The molecule has 0 saturated carbocycles. The van der Waals surface area contributed by atoms with Gasteiger partial charge in [0.05, 0.1) is 22.8 Å². The van der Waals surface area contributed by atoms with Crippen molar-refractivity contribution in [2.75, 3.05) is 6.54 Å². The zero-order valence-electron chi connectivity index (χ0n) is 13.5. The number of hydrogen-bond acceptors (Lipinski definition) is 3. The molecule has 1 aliphatic heterocycles. The smallest absolute Gasteiger partial charge is 0.255 e. The van der Waals surface area contributed by atoms with Crippen LogP contribution in [0, 0.1) is 0 Å². The molecule has 0 fully saturated rings. The van der Waals surface area contributed by atoms with Gasteiger partial charge in [0.15, 0.2) is 5.76 Å². The minimum atomic E-state index is -0.161. The quantitative estimate of drug-likeness (QED) is 0.563. The molecule has 2 heterocycles. The Bertz CT molecular complexity index is 983. The van der Waals surface area contributed by atoms with Crippen LogP contribution in [0.2, 0.25) is 15.1 Å². The van der Waals surface area contributed by atoms with Crippen molar-refractivity contribution < 1.29 is 9.32 Å². The Kier molecular flexibility index (Phi) is 4.65. The number of halogens is 3. The van der Waals surface area contributed by atoms with Crippen LogP contribution in [-0.4, -0.2) is 22.5 Å². The van der Waals surface area contributed by atoms with Crippen molar-refractivity contribution in [1.82, 2.24) is 10.1 Å². The first-order valence-corrected chi connectivity index (χ1v) is 9.14. The predicted octanol–water partition coefficient (Wildman–Crippen LogP) is 5.50. The molecule has 132 valence electrons. The summed E-state index contributed by atoms with van der Waals surface area (Å²) in [4.78, 5) is 14.6. The number of nitrogens with zero attached hydrogens (tertiary/aromatic N) is 2. The molecule has 2 aromatic carbocycles. The zero-order valence-corrected chi connectivity index (χ0v) is 15.8. The third kappa shape index (κ3) is 3.20. The second-order valence-electron chi connectivity index (χ2n) is 6.04. The van der Waals surface area contributed by atoms with Crippen LogP contribution < -0.4 is 0 Å². The standard InChI is InChI=1S/C19H13Cl3N2O2/c20-12-3-1-11(2-4-12)18-15-10-24(8-7-17(15)23-26-18)19(25)14-9-13(21)5-6-16(14)22/h1-6,9H,7-8,10H2. The van der Waals surface area contributed by atoms with E-state index in [0.717, 1.165) is 16.8 Å². The van der Waals surface area contributed by atoms with Gasteiger partial charge in [-0.25, -0.2) is 0 Å². The fraction of sp³-hybridized carbons (Fsp3) is 0.158. The van der Waals surface area contributed by atoms with Gasteiger partial charge in [0.25, 0.3) is 5.91 Å². The molecule has 0 atom stereocenters. The van der Waals surface area contributed by atoms with Crippen molar-refractivity contribution in [2.45, 2.75) is 13.0 Å². The van der Waals surface area contributed by atoms with Crippen LogP contribution in [0.5, 0.6) is 0 Å². The van der Waals surface area contributed by atoms with E-state index in [1.807, 2.05) is 12.1 Å². The van der Waals surface area contributed by atoms with Crippen molar-refractivity contribution in [3.63, 3.8) is 0 Å². The Morgan fingerprint density at radius 3 is 2.54 bits per heavy atom. The monoisotopic (exact) mass is 406 g/mol. The van der Waals surface area contributed by atoms with Crippen LogP contribution in [-0.2, 0) is 13.0 Å². The lowest BCUT2D eigenvalue weighted by Gasteiger charge is -2.27. The molecule has 0 unspecified atom stereocenters. The number of fused-ring (bicyclic) bond motifs is 1. The molecule has 0 aliphatic carbocycles. The van der Waals surface area contributed by atoms with E-state index < -0.39 is 0 Å². The van der Waals surface area contributed by atoms with E-state index in [-0.39, 0.29) is 5.91 Å². The second kappa shape index (κ2) is 6.95. The summed E-state index contributed by atoms with van der Waals surface area (Å²) in [6.45, 7) is 0.944. The van der Waals surface area contributed by atoms with E-state index in [1.54, 1.807) is 35.2 Å². The van der Waals surface area contributed by atoms with Gasteiger partial charge >= 0.3 is 0 Å². The van der Waals surface area contributed by atoms with Gasteiger partial charge in [-0.15, -0.1) is 0 Å². The summed E-state index contributed by atoms with van der Waals surface area (Å²) in [5.74, 6) is 0.498. The van der Waals surface area contributed by atoms with Crippen LogP contribution in [0.1, 0.15) is 21.6 Å². The summed E-state index contributed by atoms with van der Waals surface area (Å²) in [7, 11) is 0. The molecule has 3 aromatic rings. The number of benzene rings is 2. The average Bonchev–Trinajstić information content (AvgIpc) is 3.07. The average molecular weight is 408 g/mol. The zero-order chi connectivity index (χ0) is 18.3. The van der Waals surface area contributed by atoms with Crippen LogP contribution in [0.4, 0.5) is 0 Å². The maximum atomic E-state index is 12.9. The number of hydrogen-bond donors (Lipinski definition) is 0. The molecule has 0 radical (unpaired) electrons. The fourth-order valence-corrected chi connectivity index (χ4v) is 3.54. The van der Waals surface area contributed by atoms with Gasteiger partial charge in [-0.1, -0.05) is 40.0 Å². The number of carbonyl (C=O) groups excluding carboxylic acids is 1. The van der Waals surface area contributed by atoms with Gasteiger partial charge in [0.1, 0.15) is 0 Å². The Morgan fingerprint density at radius 2 is 1.77 bits per heavy atom. The lowest BCUT2D eigenvalue weighted by atomic mass is 10.0. The normalized spacial score (nSPS) is 13.6. The first-order valence-electron chi connectivity index (χ1n) is 8.00. The molecule has 0 N–H and O–H groups in total. The summed E-state index contributed by atoms with van der Waals surface area (Å²) in [5.41, 5.74) is 3.05. The molecule has 4 rings (SSSR count). The molecule has 0 bridgehead atoms. The topological polar surface area (TPSA) is 46.3 Å². The van der Waals surface area contributed by atoms with E-state index in [1.165, 1.54) is 0 Å². The molecule has 1 amide bonds. The minimum Gasteiger partial charge on any atom is -0.356 e. The molecule has 7 heteroatoms. The van der Waals surface area contributed by atoms with E-state index in [2.05, 4.69) is 5.16 Å². The molecule has 0 saturated heterocycles. The summed E-state index contributed by atoms with van der Waals surface area (Å²) in [6.07, 6.45) is 0.621. The highest BCUT2D eigenvalue weighted by Gasteiger charge is 2.28. The number of amides is 1. The predicted molar refractivity (Wildman–Crippen MR) is 102 cm³/mol. The van der Waals surface area contributed by atoms with Crippen LogP contribution >= 0.6 is 34.8 Å². The second-order valence-corrected chi connectivity index (χ2v) is 7.32. The molecular weight excluding hydrogens is 395 g/mol. The number of carbonyl (C=O) groups is 1. The number of aromatic nitrogens is 1. The highest BCUT2D eigenvalue weighted by molar-refractivity contribution is 6.35. The maximum absolute atomic E-state index is 12.9. The van der Waals surface area contributed by atoms with Crippen molar-refractivity contribution in [3.8, 4) is 11.3 Å². The van der Waals surface area contributed by atoms with Gasteiger partial charge in [-0.2, -0.15) is 0 Å². The Balaban J connectivity index is 1.65. The maximum Gasteiger partial charge on any atom is 0.255 e. The van der Waals surface area contributed by atoms with Crippen molar-refractivity contribution in [1.29, 1.82) is 0 Å². The van der Waals surface area contributed by atoms with Crippen molar-refractivity contribution in [3.05, 3.63) is 74.4 Å². The molecule has 0 spiro atoms. The lowest BCUT2D eigenvalue weighted by molar-refractivity contribution is 0.0735. The van der Waals surface area contributed by atoms with Crippen molar-refractivity contribution in [2.24, 2.45) is 0 Å². The molecule has 1 aliphatic rings. The van der Waals surface area contributed by atoms with Crippen LogP contribution in [0.15, 0.2) is 47.0 Å². The van der Waals surface area contributed by atoms with Gasteiger partial charge in [-0.05, 0) is 42.5 Å². The SMILES string of the molecule is O=C(c1cc(Cl)ccc1Cl)N1CCc2noc(-c3ccc(Cl)cc3)c2C1. The van der Waals surface area contributed by atoms with Crippen LogP contribution in [0.3, 0.4) is 0 Å². The molecular formula is C19H13Cl3N2O2. The van der Waals surface area contributed by atoms with Crippen molar-refractivity contribution >= 4 is 40.7 Å². The molecule has 1 aromatic heterocycles. The van der Waals surface area contributed by atoms with Gasteiger partial charge in [0, 0.05) is 34.1 Å². The van der Waals surface area contributed by atoms with E-state index in [9.17, 15) is 4.79 Å². The molecule has 4 nitrogen and oxygen atoms in total. The molecule has 26 heavy (non-hydrogen) atoms. The minimum absolute atomic E-state index is 0.161. The fourth-order valence-electron chi connectivity index (χ4n) is 3.05. The summed E-state index contributed by atoms with van der Waals surface area (Å²) >= 11 is 18.2. The lowest BCUT2D eigenvalue weighted by Crippen LogP contribution is -2.36. The van der Waals surface area contributed by atoms with E-state index in [0.29, 0.717) is 45.9 Å². The Morgan fingerprint density at radius 1 is 1.04 bits per heavy atom.